The van der Waals surface area contributed by atoms with Crippen molar-refractivity contribution in [2.75, 3.05) is 0 Å². The average molecular weight is 214 g/mol. The maximum atomic E-state index is 5.56. The van der Waals surface area contributed by atoms with Crippen molar-refractivity contribution in [3.05, 3.63) is 66.0 Å². The summed E-state index contributed by atoms with van der Waals surface area (Å²) in [5.74, 6) is 1.46. The molecule has 0 amide bonds. The zero-order valence-electron chi connectivity index (χ0n) is 10.2. The normalized spacial score (nSPS) is 11.8. The van der Waals surface area contributed by atoms with Crippen molar-refractivity contribution in [1.29, 1.82) is 0 Å². The summed E-state index contributed by atoms with van der Waals surface area (Å²) in [6.45, 7) is 9.93. The van der Waals surface area contributed by atoms with Gasteiger partial charge in [0.1, 0.15) is 11.5 Å². The monoisotopic (exact) mass is 214 g/mol. The Morgan fingerprint density at radius 1 is 1.19 bits per heavy atom. The van der Waals surface area contributed by atoms with Gasteiger partial charge >= 0.3 is 0 Å². The van der Waals surface area contributed by atoms with E-state index in [0.717, 1.165) is 5.75 Å². The molecule has 1 aromatic rings. The van der Waals surface area contributed by atoms with Crippen LogP contribution >= 0.6 is 0 Å². The summed E-state index contributed by atoms with van der Waals surface area (Å²) in [6.07, 6.45) is 5.89. The molecule has 84 valence electrons. The maximum absolute atomic E-state index is 5.56. The van der Waals surface area contributed by atoms with Gasteiger partial charge in [-0.05, 0) is 39.0 Å². The van der Waals surface area contributed by atoms with Crippen LogP contribution in [0, 0.1) is 6.92 Å². The van der Waals surface area contributed by atoms with Crippen LogP contribution in [-0.4, -0.2) is 0 Å². The Morgan fingerprint density at radius 3 is 2.38 bits per heavy atom. The number of hydrogen-bond donors (Lipinski definition) is 0. The molecule has 0 saturated heterocycles. The first kappa shape index (κ1) is 12.3. The van der Waals surface area contributed by atoms with Crippen molar-refractivity contribution in [3.8, 4) is 5.75 Å². The summed E-state index contributed by atoms with van der Waals surface area (Å²) in [5.41, 5.74) is 2.41. The van der Waals surface area contributed by atoms with E-state index in [4.69, 9.17) is 4.74 Å². The summed E-state index contributed by atoms with van der Waals surface area (Å²) in [6, 6.07) is 7.92. The third kappa shape index (κ3) is 4.18. The van der Waals surface area contributed by atoms with Crippen molar-refractivity contribution in [2.24, 2.45) is 0 Å². The fraction of sp³-hybridized carbons (Fsp3) is 0.200. The topological polar surface area (TPSA) is 9.23 Å². The second kappa shape index (κ2) is 5.96. The minimum Gasteiger partial charge on any atom is -0.458 e. The Bertz CT molecular complexity index is 408. The second-order valence-corrected chi connectivity index (χ2v) is 3.75. The first-order chi connectivity index (χ1) is 7.61. The van der Waals surface area contributed by atoms with Gasteiger partial charge in [0, 0.05) is 0 Å². The first-order valence-corrected chi connectivity index (χ1v) is 5.36. The quantitative estimate of drug-likeness (QED) is 0.533. The molecule has 0 heterocycles. The predicted molar refractivity (Wildman–Crippen MR) is 69.5 cm³/mol. The van der Waals surface area contributed by atoms with Crippen LogP contribution in [0.15, 0.2) is 60.4 Å². The van der Waals surface area contributed by atoms with Crippen molar-refractivity contribution in [3.63, 3.8) is 0 Å². The molecular weight excluding hydrogens is 196 g/mol. The lowest BCUT2D eigenvalue weighted by Crippen LogP contribution is -1.90. The van der Waals surface area contributed by atoms with Crippen molar-refractivity contribution < 1.29 is 4.74 Å². The fourth-order valence-corrected chi connectivity index (χ4v) is 1.11. The molecule has 0 bridgehead atoms. The van der Waals surface area contributed by atoms with E-state index in [9.17, 15) is 0 Å². The molecule has 0 aliphatic rings. The van der Waals surface area contributed by atoms with Gasteiger partial charge < -0.3 is 4.74 Å². The van der Waals surface area contributed by atoms with Crippen molar-refractivity contribution in [1.82, 2.24) is 0 Å². The maximum Gasteiger partial charge on any atom is 0.127 e. The highest BCUT2D eigenvalue weighted by Crippen LogP contribution is 2.14. The highest BCUT2D eigenvalue weighted by atomic mass is 16.5. The number of benzene rings is 1. The van der Waals surface area contributed by atoms with E-state index >= 15 is 0 Å². The summed E-state index contributed by atoms with van der Waals surface area (Å²) >= 11 is 0. The zero-order valence-corrected chi connectivity index (χ0v) is 10.2. The molecule has 0 aliphatic carbocycles. The molecule has 0 N–H and O–H groups in total. The van der Waals surface area contributed by atoms with E-state index in [-0.39, 0.29) is 0 Å². The number of hydrogen-bond acceptors (Lipinski definition) is 1. The van der Waals surface area contributed by atoms with Crippen LogP contribution in [0.4, 0.5) is 0 Å². The second-order valence-electron chi connectivity index (χ2n) is 3.75. The van der Waals surface area contributed by atoms with Crippen LogP contribution in [0.5, 0.6) is 5.75 Å². The van der Waals surface area contributed by atoms with E-state index < -0.39 is 0 Å². The van der Waals surface area contributed by atoms with Crippen LogP contribution in [0.2, 0.25) is 0 Å². The van der Waals surface area contributed by atoms with Crippen molar-refractivity contribution in [2.45, 2.75) is 20.8 Å². The molecule has 1 nitrogen and oxygen atoms in total. The summed E-state index contributed by atoms with van der Waals surface area (Å²) < 4.78 is 5.56. The van der Waals surface area contributed by atoms with E-state index in [1.54, 1.807) is 0 Å². The van der Waals surface area contributed by atoms with Crippen LogP contribution in [0.25, 0.3) is 0 Å². The number of allylic oxidation sites excluding steroid dienone is 4. The Morgan fingerprint density at radius 2 is 1.81 bits per heavy atom. The van der Waals surface area contributed by atoms with E-state index in [1.165, 1.54) is 11.1 Å². The fourth-order valence-electron chi connectivity index (χ4n) is 1.11. The molecule has 0 aromatic heterocycles. The number of rotatable bonds is 4. The molecule has 0 spiro atoms. The largest absolute Gasteiger partial charge is 0.458 e. The van der Waals surface area contributed by atoms with Gasteiger partial charge in [-0.2, -0.15) is 0 Å². The average Bonchev–Trinajstić information content (AvgIpc) is 2.29. The lowest BCUT2D eigenvalue weighted by atomic mass is 10.2. The minimum absolute atomic E-state index is 0.644. The van der Waals surface area contributed by atoms with E-state index in [1.807, 2.05) is 63.3 Å². The third-order valence-corrected chi connectivity index (χ3v) is 2.26. The molecule has 0 unspecified atom stereocenters. The number of aryl methyl sites for hydroxylation is 1. The predicted octanol–water partition coefficient (Wildman–Crippen LogP) is 4.41. The van der Waals surface area contributed by atoms with Gasteiger partial charge in [-0.15, -0.1) is 0 Å². The molecule has 0 radical (unpaired) electrons. The lowest BCUT2D eigenvalue weighted by molar-refractivity contribution is 0.447. The Balaban J connectivity index is 2.58. The standard InChI is InChI=1S/C15H18O/c1-5-12(2)6-9-14(4)16-15-10-7-13(3)8-11-15/h5-11H,4H2,1-3H3/b9-6-,12-5-. The summed E-state index contributed by atoms with van der Waals surface area (Å²) in [7, 11) is 0. The molecule has 1 aromatic carbocycles. The third-order valence-electron chi connectivity index (χ3n) is 2.26. The Kier molecular flexibility index (Phi) is 4.59. The summed E-state index contributed by atoms with van der Waals surface area (Å²) in [4.78, 5) is 0. The van der Waals surface area contributed by atoms with Crippen LogP contribution in [-0.2, 0) is 0 Å². The van der Waals surface area contributed by atoms with E-state index in [0.29, 0.717) is 5.76 Å². The van der Waals surface area contributed by atoms with Gasteiger partial charge in [0.2, 0.25) is 0 Å². The Hall–Kier alpha value is -1.76. The molecule has 1 rings (SSSR count). The SMILES string of the molecule is C=C(/C=C\C(C)=C/C)Oc1ccc(C)cc1. The highest BCUT2D eigenvalue weighted by Gasteiger charge is 1.94. The van der Waals surface area contributed by atoms with Crippen LogP contribution in [0.3, 0.4) is 0 Å². The molecule has 0 atom stereocenters. The van der Waals surface area contributed by atoms with Crippen molar-refractivity contribution >= 4 is 0 Å². The minimum atomic E-state index is 0.644. The van der Waals surface area contributed by atoms with Crippen LogP contribution in [0.1, 0.15) is 19.4 Å². The smallest absolute Gasteiger partial charge is 0.127 e. The van der Waals surface area contributed by atoms with Crippen LogP contribution < -0.4 is 4.74 Å². The van der Waals surface area contributed by atoms with E-state index in [2.05, 4.69) is 6.58 Å². The molecule has 1 heteroatoms. The summed E-state index contributed by atoms with van der Waals surface area (Å²) in [5, 5.41) is 0. The first-order valence-electron chi connectivity index (χ1n) is 5.36. The highest BCUT2D eigenvalue weighted by molar-refractivity contribution is 5.30. The molecule has 0 fully saturated rings. The molecule has 0 saturated carbocycles. The Labute approximate surface area is 97.8 Å². The van der Waals surface area contributed by atoms with Gasteiger partial charge in [0.25, 0.3) is 0 Å². The molecule has 0 aliphatic heterocycles. The van der Waals surface area contributed by atoms with Gasteiger partial charge in [-0.1, -0.05) is 42.0 Å². The van der Waals surface area contributed by atoms with Gasteiger partial charge in [-0.3, -0.25) is 0 Å². The molecular formula is C15H18O. The van der Waals surface area contributed by atoms with Gasteiger partial charge in [0.05, 0.1) is 0 Å². The number of ether oxygens (including phenoxy) is 1. The lowest BCUT2D eigenvalue weighted by Gasteiger charge is -2.05. The zero-order chi connectivity index (χ0) is 12.0. The van der Waals surface area contributed by atoms with Gasteiger partial charge in [-0.25, -0.2) is 0 Å². The van der Waals surface area contributed by atoms with Gasteiger partial charge in [0.15, 0.2) is 0 Å². The molecule has 16 heavy (non-hydrogen) atoms.